The van der Waals surface area contributed by atoms with Crippen molar-refractivity contribution in [2.45, 2.75) is 65.9 Å². The predicted molar refractivity (Wildman–Crippen MR) is 111 cm³/mol. The molecule has 0 aromatic heterocycles. The summed E-state index contributed by atoms with van der Waals surface area (Å²) in [6.45, 7) is 8.79. The predicted octanol–water partition coefficient (Wildman–Crippen LogP) is 6.20. The monoisotopic (exact) mass is 368 g/mol. The molecule has 1 atom stereocenters. The standard InChI is InChI=1S/C24H32O3/c1-18-6-5-7-19(2)16-22(17-24(3,4)15-14-18)27-23(26)13-10-20-8-11-21(25)12-9-20/h7-14,22,25H,5-6,15-17H2,1-4H3/t22-/m1/s1. The molecule has 3 nitrogen and oxygen atoms in total. The normalized spacial score (nSPS) is 21.1. The number of rotatable bonds is 3. The molecule has 0 saturated carbocycles. The van der Waals surface area contributed by atoms with E-state index in [1.54, 1.807) is 30.3 Å². The van der Waals surface area contributed by atoms with E-state index in [9.17, 15) is 9.90 Å². The van der Waals surface area contributed by atoms with E-state index >= 15 is 0 Å². The number of carbonyl (C=O) groups excluding carboxylic acids is 1. The van der Waals surface area contributed by atoms with Crippen LogP contribution in [0.25, 0.3) is 6.08 Å². The molecule has 1 N–H and O–H groups in total. The van der Waals surface area contributed by atoms with E-state index in [0.717, 1.165) is 37.7 Å². The van der Waals surface area contributed by atoms with Crippen molar-refractivity contribution in [1.29, 1.82) is 0 Å². The van der Waals surface area contributed by atoms with Crippen LogP contribution in [0.4, 0.5) is 0 Å². The summed E-state index contributed by atoms with van der Waals surface area (Å²) >= 11 is 0. The van der Waals surface area contributed by atoms with Gasteiger partial charge in [0, 0.05) is 12.5 Å². The second-order valence-corrected chi connectivity index (χ2v) is 8.40. The Labute approximate surface area is 163 Å². The van der Waals surface area contributed by atoms with Crippen LogP contribution in [0.15, 0.2) is 53.6 Å². The van der Waals surface area contributed by atoms with Crippen molar-refractivity contribution < 1.29 is 14.6 Å². The Morgan fingerprint density at radius 1 is 1.15 bits per heavy atom. The van der Waals surface area contributed by atoms with E-state index < -0.39 is 0 Å². The first-order valence-electron chi connectivity index (χ1n) is 9.72. The minimum absolute atomic E-state index is 0.0809. The molecule has 0 fully saturated rings. The maximum atomic E-state index is 12.4. The number of benzene rings is 1. The molecule has 1 aliphatic rings. The van der Waals surface area contributed by atoms with Gasteiger partial charge in [-0.3, -0.25) is 0 Å². The van der Waals surface area contributed by atoms with Gasteiger partial charge in [0.15, 0.2) is 0 Å². The van der Waals surface area contributed by atoms with Crippen molar-refractivity contribution in [2.24, 2.45) is 5.41 Å². The molecular weight excluding hydrogens is 336 g/mol. The maximum Gasteiger partial charge on any atom is 0.331 e. The molecule has 0 heterocycles. The van der Waals surface area contributed by atoms with Gasteiger partial charge in [-0.25, -0.2) is 4.79 Å². The minimum Gasteiger partial charge on any atom is -0.508 e. The summed E-state index contributed by atoms with van der Waals surface area (Å²) in [5, 5.41) is 9.33. The fourth-order valence-corrected chi connectivity index (χ4v) is 3.35. The first-order valence-corrected chi connectivity index (χ1v) is 9.72. The molecule has 0 amide bonds. The SMILES string of the molecule is CC1=CCC(C)(C)C[C@H](OC(=O)C=Cc2ccc(O)cc2)CC(C)=CCC1. The number of hydrogen-bond acceptors (Lipinski definition) is 3. The van der Waals surface area contributed by atoms with Gasteiger partial charge in [-0.1, -0.05) is 49.3 Å². The number of phenolic OH excluding ortho intramolecular Hbond substituents is 1. The topological polar surface area (TPSA) is 46.5 Å². The highest BCUT2D eigenvalue weighted by Gasteiger charge is 2.25. The quantitative estimate of drug-likeness (QED) is 0.392. The van der Waals surface area contributed by atoms with E-state index in [0.29, 0.717) is 0 Å². The number of aromatic hydroxyl groups is 1. The van der Waals surface area contributed by atoms with Crippen molar-refractivity contribution in [3.8, 4) is 5.75 Å². The smallest absolute Gasteiger partial charge is 0.331 e. The Hall–Kier alpha value is -2.29. The third-order valence-electron chi connectivity index (χ3n) is 4.95. The van der Waals surface area contributed by atoms with Gasteiger partial charge in [0.2, 0.25) is 0 Å². The average Bonchev–Trinajstić information content (AvgIpc) is 2.60. The fraction of sp³-hybridized carbons (Fsp3) is 0.458. The number of carbonyl (C=O) groups is 1. The number of allylic oxidation sites excluding steroid dienone is 3. The summed E-state index contributed by atoms with van der Waals surface area (Å²) in [7, 11) is 0. The van der Waals surface area contributed by atoms with Crippen LogP contribution in [-0.2, 0) is 9.53 Å². The van der Waals surface area contributed by atoms with E-state index in [1.807, 2.05) is 0 Å². The van der Waals surface area contributed by atoms with Crippen LogP contribution in [0.3, 0.4) is 0 Å². The molecular formula is C24H32O3. The van der Waals surface area contributed by atoms with Crippen LogP contribution in [0.2, 0.25) is 0 Å². The lowest BCUT2D eigenvalue weighted by Gasteiger charge is -2.29. The van der Waals surface area contributed by atoms with Crippen LogP contribution in [0, 0.1) is 5.41 Å². The third-order valence-corrected chi connectivity index (χ3v) is 4.95. The lowest BCUT2D eigenvalue weighted by atomic mass is 9.81. The molecule has 0 unspecified atom stereocenters. The van der Waals surface area contributed by atoms with Gasteiger partial charge in [0.25, 0.3) is 0 Å². The van der Waals surface area contributed by atoms with Crippen LogP contribution < -0.4 is 0 Å². The summed E-state index contributed by atoms with van der Waals surface area (Å²) in [6, 6.07) is 6.72. The number of hydrogen-bond donors (Lipinski definition) is 1. The molecule has 27 heavy (non-hydrogen) atoms. The molecule has 1 aromatic rings. The van der Waals surface area contributed by atoms with E-state index in [1.165, 1.54) is 17.2 Å². The number of phenols is 1. The van der Waals surface area contributed by atoms with Gasteiger partial charge in [0.1, 0.15) is 11.9 Å². The molecule has 0 aliphatic heterocycles. The van der Waals surface area contributed by atoms with Crippen molar-refractivity contribution in [1.82, 2.24) is 0 Å². The molecule has 1 aromatic carbocycles. The maximum absolute atomic E-state index is 12.4. The molecule has 0 radical (unpaired) electrons. The molecule has 3 heteroatoms. The highest BCUT2D eigenvalue weighted by Crippen LogP contribution is 2.32. The molecule has 0 spiro atoms. The van der Waals surface area contributed by atoms with E-state index in [4.69, 9.17) is 4.74 Å². The zero-order valence-corrected chi connectivity index (χ0v) is 17.0. The Balaban J connectivity index is 2.07. The van der Waals surface area contributed by atoms with Gasteiger partial charge in [0.05, 0.1) is 0 Å². The van der Waals surface area contributed by atoms with E-state index in [2.05, 4.69) is 39.8 Å². The highest BCUT2D eigenvalue weighted by atomic mass is 16.5. The van der Waals surface area contributed by atoms with Crippen LogP contribution in [0.5, 0.6) is 5.75 Å². The highest BCUT2D eigenvalue weighted by molar-refractivity contribution is 5.87. The second-order valence-electron chi connectivity index (χ2n) is 8.40. The Morgan fingerprint density at radius 3 is 2.56 bits per heavy atom. The molecule has 2 rings (SSSR count). The number of esters is 1. The Morgan fingerprint density at radius 2 is 1.85 bits per heavy atom. The van der Waals surface area contributed by atoms with E-state index in [-0.39, 0.29) is 23.2 Å². The molecule has 0 saturated heterocycles. The third kappa shape index (κ3) is 7.86. The number of ether oxygens (including phenoxy) is 1. The second kappa shape index (κ2) is 9.59. The zero-order chi connectivity index (χ0) is 19.9. The summed E-state index contributed by atoms with van der Waals surface area (Å²) in [5.74, 6) is -0.112. The van der Waals surface area contributed by atoms with Gasteiger partial charge in [-0.2, -0.15) is 0 Å². The first-order chi connectivity index (χ1) is 12.7. The Bertz CT molecular complexity index is 720. The molecule has 146 valence electrons. The fourth-order valence-electron chi connectivity index (χ4n) is 3.35. The molecule has 1 aliphatic carbocycles. The van der Waals surface area contributed by atoms with Crippen molar-refractivity contribution in [3.05, 3.63) is 59.2 Å². The zero-order valence-electron chi connectivity index (χ0n) is 17.0. The van der Waals surface area contributed by atoms with Gasteiger partial charge in [-0.15, -0.1) is 0 Å². The van der Waals surface area contributed by atoms with Crippen LogP contribution in [-0.4, -0.2) is 17.2 Å². The Kier molecular flexibility index (Phi) is 7.46. The largest absolute Gasteiger partial charge is 0.508 e. The summed E-state index contributed by atoms with van der Waals surface area (Å²) in [5.41, 5.74) is 3.64. The first kappa shape index (κ1) is 21.0. The van der Waals surface area contributed by atoms with Crippen LogP contribution in [0.1, 0.15) is 65.4 Å². The summed E-state index contributed by atoms with van der Waals surface area (Å²) in [6.07, 6.45) is 12.4. The van der Waals surface area contributed by atoms with Crippen molar-refractivity contribution in [2.75, 3.05) is 0 Å². The minimum atomic E-state index is -0.321. The van der Waals surface area contributed by atoms with Gasteiger partial charge in [-0.05, 0) is 68.7 Å². The van der Waals surface area contributed by atoms with Gasteiger partial charge < -0.3 is 9.84 Å². The lowest BCUT2D eigenvalue weighted by molar-refractivity contribution is -0.144. The average molecular weight is 369 g/mol. The van der Waals surface area contributed by atoms with Crippen molar-refractivity contribution in [3.63, 3.8) is 0 Å². The van der Waals surface area contributed by atoms with Crippen molar-refractivity contribution >= 4 is 12.0 Å². The summed E-state index contributed by atoms with van der Waals surface area (Å²) in [4.78, 5) is 12.4. The lowest BCUT2D eigenvalue weighted by Crippen LogP contribution is -2.25. The van der Waals surface area contributed by atoms with Crippen LogP contribution >= 0.6 is 0 Å². The van der Waals surface area contributed by atoms with Gasteiger partial charge >= 0.3 is 5.97 Å². The summed E-state index contributed by atoms with van der Waals surface area (Å²) < 4.78 is 5.81. The molecule has 0 bridgehead atoms.